The first-order valence-electron chi connectivity index (χ1n) is 9.46. The van der Waals surface area contributed by atoms with Crippen LogP contribution in [-0.2, 0) is 0 Å². The summed E-state index contributed by atoms with van der Waals surface area (Å²) >= 11 is 0. The Balaban J connectivity index is 0.000000614. The highest BCUT2D eigenvalue weighted by molar-refractivity contribution is 6.50. The first-order chi connectivity index (χ1) is 14.6. The van der Waals surface area contributed by atoms with E-state index in [0.717, 1.165) is 40.7 Å². The van der Waals surface area contributed by atoms with E-state index in [1.54, 1.807) is 14.2 Å². The number of para-hydroxylation sites is 1. The van der Waals surface area contributed by atoms with Crippen LogP contribution < -0.4 is 19.8 Å². The predicted octanol–water partition coefficient (Wildman–Crippen LogP) is 2.96. The molecule has 0 bridgehead atoms. The third-order valence-electron chi connectivity index (χ3n) is 4.22. The molecule has 10 heteroatoms. The summed E-state index contributed by atoms with van der Waals surface area (Å²) in [4.78, 5) is 5.67. The van der Waals surface area contributed by atoms with E-state index in [9.17, 15) is 17.3 Å². The second-order valence-electron chi connectivity index (χ2n) is 6.82. The molecule has 0 unspecified atom stereocenters. The van der Waals surface area contributed by atoms with Crippen molar-refractivity contribution in [3.8, 4) is 22.8 Å². The average molecular weight is 440 g/mol. The molecule has 2 aromatic carbocycles. The predicted molar refractivity (Wildman–Crippen MR) is 112 cm³/mol. The number of likely N-dealkylation sites (N-methyl/N-ethyl adjacent to an activating group) is 1. The molecule has 0 fully saturated rings. The Morgan fingerprint density at radius 3 is 2.19 bits per heavy atom. The SMILES string of the molecule is COc1ccc(-c2cc(=[NH+]CCN(C)C)c3ccccc3o2)cc1OC.F[B-](F)(F)F. The van der Waals surface area contributed by atoms with E-state index in [1.165, 1.54) is 0 Å². The van der Waals surface area contributed by atoms with Crippen LogP contribution in [0, 0.1) is 0 Å². The number of halogens is 4. The van der Waals surface area contributed by atoms with Gasteiger partial charge in [-0.1, -0.05) is 12.1 Å². The fourth-order valence-corrected chi connectivity index (χ4v) is 2.83. The zero-order chi connectivity index (χ0) is 23.0. The number of benzene rings is 2. The minimum absolute atomic E-state index is 0.676. The topological polar surface area (TPSA) is 48.8 Å². The van der Waals surface area contributed by atoms with Crippen LogP contribution in [0.5, 0.6) is 11.5 Å². The Bertz CT molecular complexity index is 1060. The number of hydrogen-bond donors (Lipinski definition) is 1. The zero-order valence-corrected chi connectivity index (χ0v) is 17.8. The number of fused-ring (bicyclic) bond motifs is 1. The highest BCUT2D eigenvalue weighted by Gasteiger charge is 2.20. The molecular formula is C21H25BF4N2O3. The number of nitrogens with zero attached hydrogens (tertiary/aromatic N) is 1. The Morgan fingerprint density at radius 1 is 0.935 bits per heavy atom. The van der Waals surface area contributed by atoms with Gasteiger partial charge in [-0.05, 0) is 44.4 Å². The third-order valence-corrected chi connectivity index (χ3v) is 4.22. The molecule has 0 aliphatic heterocycles. The van der Waals surface area contributed by atoms with E-state index in [1.807, 2.05) is 42.5 Å². The average Bonchev–Trinajstić information content (AvgIpc) is 2.71. The van der Waals surface area contributed by atoms with E-state index in [4.69, 9.17) is 13.9 Å². The lowest BCUT2D eigenvalue weighted by Gasteiger charge is -2.09. The van der Waals surface area contributed by atoms with Crippen molar-refractivity contribution in [2.45, 2.75) is 0 Å². The number of methoxy groups -OCH3 is 2. The first kappa shape index (κ1) is 24.3. The molecule has 0 aliphatic rings. The lowest BCUT2D eigenvalue weighted by molar-refractivity contribution is -0.499. The molecule has 168 valence electrons. The highest BCUT2D eigenvalue weighted by Crippen LogP contribution is 2.32. The van der Waals surface area contributed by atoms with Crippen LogP contribution in [0.4, 0.5) is 17.3 Å². The van der Waals surface area contributed by atoms with Crippen LogP contribution >= 0.6 is 0 Å². The normalized spacial score (nSPS) is 12.0. The molecule has 0 aliphatic carbocycles. The maximum absolute atomic E-state index is 9.75. The van der Waals surface area contributed by atoms with Gasteiger partial charge in [0, 0.05) is 5.56 Å². The second kappa shape index (κ2) is 10.9. The highest BCUT2D eigenvalue weighted by atomic mass is 19.5. The van der Waals surface area contributed by atoms with Gasteiger partial charge in [0.05, 0.1) is 32.2 Å². The molecule has 3 rings (SSSR count). The van der Waals surface area contributed by atoms with Crippen LogP contribution in [0.1, 0.15) is 0 Å². The second-order valence-corrected chi connectivity index (χ2v) is 6.82. The van der Waals surface area contributed by atoms with Gasteiger partial charge >= 0.3 is 7.25 Å². The molecule has 0 spiro atoms. The van der Waals surface area contributed by atoms with Gasteiger partial charge in [0.2, 0.25) is 5.36 Å². The van der Waals surface area contributed by atoms with Crippen LogP contribution in [0.2, 0.25) is 0 Å². The van der Waals surface area contributed by atoms with Crippen molar-refractivity contribution in [3.63, 3.8) is 0 Å². The number of nitrogens with one attached hydrogen (secondary N) is 1. The lowest BCUT2D eigenvalue weighted by Crippen LogP contribution is -2.78. The maximum atomic E-state index is 9.75. The zero-order valence-electron chi connectivity index (χ0n) is 17.8. The van der Waals surface area contributed by atoms with Crippen LogP contribution in [0.25, 0.3) is 22.3 Å². The van der Waals surface area contributed by atoms with Crippen molar-refractivity contribution in [1.29, 1.82) is 0 Å². The van der Waals surface area contributed by atoms with Gasteiger partial charge in [-0.3, -0.25) is 0 Å². The molecule has 1 aromatic heterocycles. The molecule has 0 saturated carbocycles. The van der Waals surface area contributed by atoms with Crippen molar-refractivity contribution in [2.75, 3.05) is 41.4 Å². The van der Waals surface area contributed by atoms with Gasteiger partial charge in [0.15, 0.2) is 18.0 Å². The van der Waals surface area contributed by atoms with Crippen molar-refractivity contribution in [2.24, 2.45) is 0 Å². The van der Waals surface area contributed by atoms with E-state index >= 15 is 0 Å². The summed E-state index contributed by atoms with van der Waals surface area (Å²) in [6.45, 7) is 1.80. The number of ether oxygens (including phenoxy) is 2. The molecule has 31 heavy (non-hydrogen) atoms. The van der Waals surface area contributed by atoms with Crippen LogP contribution in [0.15, 0.2) is 52.9 Å². The van der Waals surface area contributed by atoms with Gasteiger partial charge in [0.1, 0.15) is 11.3 Å². The van der Waals surface area contributed by atoms with E-state index in [2.05, 4.69) is 30.1 Å². The van der Waals surface area contributed by atoms with Crippen molar-refractivity contribution in [3.05, 3.63) is 53.9 Å². The standard InChI is InChI=1S/C21H24N2O3.BF4/c1-23(2)12-11-22-17-14-20(26-18-8-6-5-7-16(17)18)15-9-10-19(24-3)21(13-15)25-4;2-1(3,4)5/h5-10,13-14H,11-12H2,1-4H3;/q;-1/p+1. The smallest absolute Gasteiger partial charge is 0.493 e. The minimum atomic E-state index is -6.00. The van der Waals surface area contributed by atoms with Gasteiger partial charge in [0.25, 0.3) is 0 Å². The van der Waals surface area contributed by atoms with E-state index < -0.39 is 7.25 Å². The maximum Gasteiger partial charge on any atom is 0.673 e. The summed E-state index contributed by atoms with van der Waals surface area (Å²) in [5, 5.41) is 2.12. The molecule has 1 N–H and O–H groups in total. The minimum Gasteiger partial charge on any atom is -0.493 e. The molecule has 0 radical (unpaired) electrons. The molecule has 0 saturated heterocycles. The van der Waals surface area contributed by atoms with E-state index in [0.29, 0.717) is 11.5 Å². The number of hydrogen-bond acceptors (Lipinski definition) is 4. The van der Waals surface area contributed by atoms with Crippen molar-refractivity contribution >= 4 is 18.2 Å². The Hall–Kier alpha value is -3.01. The van der Waals surface area contributed by atoms with Gasteiger partial charge in [-0.15, -0.1) is 0 Å². The lowest BCUT2D eigenvalue weighted by atomic mass is 10.1. The Morgan fingerprint density at radius 2 is 1.58 bits per heavy atom. The van der Waals surface area contributed by atoms with Crippen LogP contribution in [0.3, 0.4) is 0 Å². The summed E-state index contributed by atoms with van der Waals surface area (Å²) in [7, 11) is 1.39. The molecule has 1 heterocycles. The fraction of sp³-hybridized carbons (Fsp3) is 0.286. The largest absolute Gasteiger partial charge is 0.673 e. The van der Waals surface area contributed by atoms with Gasteiger partial charge in [-0.25, -0.2) is 4.99 Å². The third kappa shape index (κ3) is 7.64. The number of rotatable bonds is 6. The van der Waals surface area contributed by atoms with Crippen LogP contribution in [-0.4, -0.2) is 53.6 Å². The molecule has 5 nitrogen and oxygen atoms in total. The summed E-state index contributed by atoms with van der Waals surface area (Å²) in [6.07, 6.45) is 0. The molecule has 0 amide bonds. The summed E-state index contributed by atoms with van der Waals surface area (Å²) < 4.78 is 55.9. The Labute approximate surface area is 178 Å². The summed E-state index contributed by atoms with van der Waals surface area (Å²) in [5.41, 5.74) is 1.77. The molecule has 0 atom stereocenters. The van der Waals surface area contributed by atoms with Crippen molar-refractivity contribution < 1.29 is 36.1 Å². The monoisotopic (exact) mass is 440 g/mol. The van der Waals surface area contributed by atoms with Gasteiger partial charge < -0.3 is 36.1 Å². The van der Waals surface area contributed by atoms with E-state index in [-0.39, 0.29) is 0 Å². The fourth-order valence-electron chi connectivity index (χ4n) is 2.83. The first-order valence-corrected chi connectivity index (χ1v) is 9.46. The Kier molecular flexibility index (Phi) is 8.50. The quantitative estimate of drug-likeness (QED) is 0.473. The molecule has 3 aromatic rings. The van der Waals surface area contributed by atoms with Gasteiger partial charge in [-0.2, -0.15) is 0 Å². The summed E-state index contributed by atoms with van der Waals surface area (Å²) in [5.74, 6) is 2.15. The summed E-state index contributed by atoms with van der Waals surface area (Å²) in [6, 6.07) is 15.9. The van der Waals surface area contributed by atoms with Crippen molar-refractivity contribution in [1.82, 2.24) is 4.90 Å². The molecular weight excluding hydrogens is 415 g/mol.